The van der Waals surface area contributed by atoms with E-state index in [1.807, 2.05) is 5.43 Å². The lowest BCUT2D eigenvalue weighted by molar-refractivity contribution is -0.120. The summed E-state index contributed by atoms with van der Waals surface area (Å²) in [6.45, 7) is -0.850. The highest BCUT2D eigenvalue weighted by Gasteiger charge is 2.24. The molecular weight excluding hydrogens is 392 g/mol. The maximum absolute atomic E-state index is 13.5. The molecule has 3 N–H and O–H groups in total. The Morgan fingerprint density at radius 1 is 0.962 bits per heavy atom. The molecule has 0 radical (unpaired) electrons. The lowest BCUT2D eigenvalue weighted by Gasteiger charge is -2.10. The maximum atomic E-state index is 13.5. The molecule has 2 aromatic rings. The predicted molar refractivity (Wildman–Crippen MR) is 88.6 cm³/mol. The van der Waals surface area contributed by atoms with E-state index < -0.39 is 44.9 Å². The monoisotopic (exact) mass is 403 g/mol. The Morgan fingerprint density at radius 2 is 1.54 bits per heavy atom. The molecule has 0 bridgehead atoms. The molecular formula is C15H12ClF2N3O4S. The van der Waals surface area contributed by atoms with Crippen LogP contribution in [0.2, 0.25) is 5.02 Å². The molecule has 2 amide bonds. The van der Waals surface area contributed by atoms with Gasteiger partial charge < -0.3 is 0 Å². The van der Waals surface area contributed by atoms with Crippen LogP contribution in [0, 0.1) is 11.6 Å². The van der Waals surface area contributed by atoms with Crippen molar-refractivity contribution in [2.24, 2.45) is 0 Å². The number of rotatable bonds is 5. The van der Waals surface area contributed by atoms with Crippen LogP contribution in [-0.4, -0.2) is 26.8 Å². The summed E-state index contributed by atoms with van der Waals surface area (Å²) in [7, 11) is -4.60. The van der Waals surface area contributed by atoms with Crippen LogP contribution in [0.4, 0.5) is 8.78 Å². The molecule has 0 heterocycles. The molecule has 7 nitrogen and oxygen atoms in total. The Morgan fingerprint density at radius 3 is 2.12 bits per heavy atom. The zero-order valence-corrected chi connectivity index (χ0v) is 14.5. The summed E-state index contributed by atoms with van der Waals surface area (Å²) in [5, 5.41) is 0.417. The third-order valence-electron chi connectivity index (χ3n) is 3.03. The molecule has 0 aliphatic rings. The Kier molecular flexibility index (Phi) is 6.24. The van der Waals surface area contributed by atoms with Gasteiger partial charge in [0.05, 0.1) is 6.54 Å². The Balaban J connectivity index is 1.92. The zero-order valence-electron chi connectivity index (χ0n) is 12.9. The molecule has 0 aliphatic heterocycles. The van der Waals surface area contributed by atoms with Crippen LogP contribution in [0.25, 0.3) is 0 Å². The first kappa shape index (κ1) is 19.8. The van der Waals surface area contributed by atoms with Crippen molar-refractivity contribution in [3.05, 3.63) is 64.7 Å². The second kappa shape index (κ2) is 8.21. The van der Waals surface area contributed by atoms with Crippen molar-refractivity contribution in [3.8, 4) is 0 Å². The summed E-state index contributed by atoms with van der Waals surface area (Å²) in [4.78, 5) is 22.2. The molecule has 0 spiro atoms. The van der Waals surface area contributed by atoms with E-state index >= 15 is 0 Å². The molecule has 138 valence electrons. The van der Waals surface area contributed by atoms with Gasteiger partial charge >= 0.3 is 0 Å². The summed E-state index contributed by atoms with van der Waals surface area (Å²) in [6, 6.07) is 8.29. The summed E-state index contributed by atoms with van der Waals surface area (Å²) < 4.78 is 52.6. The molecule has 11 heteroatoms. The van der Waals surface area contributed by atoms with Gasteiger partial charge in [0.2, 0.25) is 10.0 Å². The van der Waals surface area contributed by atoms with Crippen LogP contribution < -0.4 is 15.6 Å². The van der Waals surface area contributed by atoms with Crippen molar-refractivity contribution in [2.75, 3.05) is 6.54 Å². The fourth-order valence-electron chi connectivity index (χ4n) is 1.82. The number of amides is 2. The molecule has 0 unspecified atom stereocenters. The van der Waals surface area contributed by atoms with Gasteiger partial charge in [0.1, 0.15) is 11.6 Å². The number of nitrogens with one attached hydrogen (secondary N) is 3. The van der Waals surface area contributed by atoms with Gasteiger partial charge in [-0.15, -0.1) is 0 Å². The van der Waals surface area contributed by atoms with E-state index in [1.54, 1.807) is 4.72 Å². The zero-order chi connectivity index (χ0) is 19.3. The van der Waals surface area contributed by atoms with E-state index in [9.17, 15) is 26.8 Å². The van der Waals surface area contributed by atoms with Crippen LogP contribution in [-0.2, 0) is 14.8 Å². The van der Waals surface area contributed by atoms with Crippen LogP contribution >= 0.6 is 11.6 Å². The SMILES string of the molecule is O=C(CNS(=O)(=O)c1c(F)cccc1F)NNC(=O)c1ccc(Cl)cc1. The Bertz CT molecular complexity index is 916. The van der Waals surface area contributed by atoms with E-state index in [-0.39, 0.29) is 5.56 Å². The van der Waals surface area contributed by atoms with Crippen molar-refractivity contribution in [2.45, 2.75) is 4.90 Å². The first-order valence-electron chi connectivity index (χ1n) is 6.99. The number of hydrogen-bond acceptors (Lipinski definition) is 4. The molecule has 2 rings (SSSR count). The minimum atomic E-state index is -4.60. The third kappa shape index (κ3) is 4.97. The number of carbonyl (C=O) groups is 2. The second-order valence-corrected chi connectivity index (χ2v) is 7.02. The lowest BCUT2D eigenvalue weighted by Crippen LogP contribution is -2.46. The normalized spacial score (nSPS) is 11.0. The third-order valence-corrected chi connectivity index (χ3v) is 4.74. The Hall–Kier alpha value is -2.56. The van der Waals surface area contributed by atoms with Crippen LogP contribution in [0.15, 0.2) is 47.4 Å². The second-order valence-electron chi connectivity index (χ2n) is 4.88. The molecule has 0 aliphatic carbocycles. The molecule has 0 saturated heterocycles. The fourth-order valence-corrected chi connectivity index (χ4v) is 3.06. The number of benzene rings is 2. The van der Waals surface area contributed by atoms with E-state index in [0.29, 0.717) is 5.02 Å². The average molecular weight is 404 g/mol. The van der Waals surface area contributed by atoms with Crippen molar-refractivity contribution < 1.29 is 26.8 Å². The quantitative estimate of drug-likeness (QED) is 0.655. The Labute approximate surface area is 152 Å². The van der Waals surface area contributed by atoms with E-state index in [4.69, 9.17) is 11.6 Å². The molecule has 0 atom stereocenters. The van der Waals surface area contributed by atoms with E-state index in [0.717, 1.165) is 18.2 Å². The van der Waals surface area contributed by atoms with Gasteiger partial charge in [-0.2, -0.15) is 0 Å². The maximum Gasteiger partial charge on any atom is 0.269 e. The average Bonchev–Trinajstić information content (AvgIpc) is 2.58. The summed E-state index contributed by atoms with van der Waals surface area (Å²) >= 11 is 5.68. The van der Waals surface area contributed by atoms with Gasteiger partial charge in [-0.3, -0.25) is 20.4 Å². The summed E-state index contributed by atoms with van der Waals surface area (Å²) in [5.41, 5.74) is 4.21. The molecule has 26 heavy (non-hydrogen) atoms. The van der Waals surface area contributed by atoms with Crippen LogP contribution in [0.3, 0.4) is 0 Å². The minimum Gasteiger partial charge on any atom is -0.272 e. The highest BCUT2D eigenvalue weighted by molar-refractivity contribution is 7.89. The van der Waals surface area contributed by atoms with Gasteiger partial charge in [0, 0.05) is 10.6 Å². The lowest BCUT2D eigenvalue weighted by atomic mass is 10.2. The van der Waals surface area contributed by atoms with Crippen molar-refractivity contribution in [1.82, 2.24) is 15.6 Å². The predicted octanol–water partition coefficient (Wildman–Crippen LogP) is 1.36. The summed E-state index contributed by atoms with van der Waals surface area (Å²) in [5.74, 6) is -4.21. The standard InChI is InChI=1S/C15H12ClF2N3O4S/c16-10-6-4-9(5-7-10)15(23)21-20-13(22)8-19-26(24,25)14-11(17)2-1-3-12(14)18/h1-7,19H,8H2,(H,20,22)(H,21,23). The highest BCUT2D eigenvalue weighted by Crippen LogP contribution is 2.17. The van der Waals surface area contributed by atoms with Gasteiger partial charge in [-0.25, -0.2) is 21.9 Å². The molecule has 2 aromatic carbocycles. The molecule has 0 saturated carbocycles. The van der Waals surface area contributed by atoms with Crippen molar-refractivity contribution >= 4 is 33.4 Å². The number of halogens is 3. The molecule has 0 fully saturated rings. The van der Waals surface area contributed by atoms with E-state index in [1.165, 1.54) is 24.3 Å². The fraction of sp³-hybridized carbons (Fsp3) is 0.0667. The number of hydrogen-bond donors (Lipinski definition) is 3. The van der Waals surface area contributed by atoms with E-state index in [2.05, 4.69) is 5.43 Å². The van der Waals surface area contributed by atoms with Crippen molar-refractivity contribution in [1.29, 1.82) is 0 Å². The first-order chi connectivity index (χ1) is 12.2. The number of sulfonamides is 1. The smallest absolute Gasteiger partial charge is 0.269 e. The minimum absolute atomic E-state index is 0.198. The topological polar surface area (TPSA) is 104 Å². The first-order valence-corrected chi connectivity index (χ1v) is 8.85. The molecule has 0 aromatic heterocycles. The van der Waals surface area contributed by atoms with Gasteiger partial charge in [-0.1, -0.05) is 17.7 Å². The largest absolute Gasteiger partial charge is 0.272 e. The van der Waals surface area contributed by atoms with Crippen LogP contribution in [0.5, 0.6) is 0 Å². The van der Waals surface area contributed by atoms with Gasteiger partial charge in [0.25, 0.3) is 11.8 Å². The van der Waals surface area contributed by atoms with Crippen LogP contribution in [0.1, 0.15) is 10.4 Å². The van der Waals surface area contributed by atoms with Gasteiger partial charge in [-0.05, 0) is 36.4 Å². The number of carbonyl (C=O) groups excluding carboxylic acids is 2. The highest BCUT2D eigenvalue weighted by atomic mass is 35.5. The number of hydrazine groups is 1. The van der Waals surface area contributed by atoms with Gasteiger partial charge in [0.15, 0.2) is 4.90 Å². The summed E-state index contributed by atoms with van der Waals surface area (Å²) in [6.07, 6.45) is 0. The van der Waals surface area contributed by atoms with Crippen molar-refractivity contribution in [3.63, 3.8) is 0 Å².